The number of nitrogens with one attached hydrogen (secondary N) is 5. The van der Waals surface area contributed by atoms with E-state index in [1.54, 1.807) is 18.2 Å². The number of hydrazine groups is 2. The SMILES string of the molecule is CC1SC2C(C(c3cccc(OC4CCC5(CC4)CCN(C4CCC(C(=O)NC6CCC(Oc7ccc(C#N)c(Cl)c7)CC6)NN4)C5)c3)=N[C@@H](C)C3NNC(C)N23)C1C. The van der Waals surface area contributed by atoms with Crippen molar-refractivity contribution in [2.24, 2.45) is 22.2 Å². The number of carbonyl (C=O) groups is 1. The number of ether oxygens (including phenoxy) is 2. The van der Waals surface area contributed by atoms with Crippen molar-refractivity contribution < 1.29 is 14.3 Å². The summed E-state index contributed by atoms with van der Waals surface area (Å²) in [7, 11) is 0. The second kappa shape index (κ2) is 17.4. The van der Waals surface area contributed by atoms with Gasteiger partial charge in [-0.25, -0.2) is 21.7 Å². The summed E-state index contributed by atoms with van der Waals surface area (Å²) in [4.78, 5) is 24.0. The highest BCUT2D eigenvalue weighted by Crippen LogP contribution is 2.50. The predicted molar refractivity (Wildman–Crippen MR) is 233 cm³/mol. The molecule has 2 aromatic rings. The van der Waals surface area contributed by atoms with Crippen LogP contribution in [0, 0.1) is 28.6 Å². The molecular weight excluding hydrogens is 782 g/mol. The van der Waals surface area contributed by atoms with Gasteiger partial charge < -0.3 is 14.8 Å². The smallest absolute Gasteiger partial charge is 0.238 e. The van der Waals surface area contributed by atoms with Crippen molar-refractivity contribution in [1.82, 2.24) is 36.8 Å². The second-order valence-electron chi connectivity index (χ2n) is 18.6. The van der Waals surface area contributed by atoms with E-state index in [-0.39, 0.29) is 54.7 Å². The number of halogens is 1. The van der Waals surface area contributed by atoms with Crippen molar-refractivity contribution in [3.05, 3.63) is 58.6 Å². The number of amides is 1. The molecule has 8 unspecified atom stereocenters. The largest absolute Gasteiger partial charge is 0.490 e. The number of fused-ring (bicyclic) bond motifs is 3. The highest BCUT2D eigenvalue weighted by Gasteiger charge is 2.52. The fourth-order valence-corrected chi connectivity index (χ4v) is 13.2. The summed E-state index contributed by atoms with van der Waals surface area (Å²) in [5, 5.41) is 13.8. The van der Waals surface area contributed by atoms with Gasteiger partial charge in [0.2, 0.25) is 5.91 Å². The van der Waals surface area contributed by atoms with Crippen LogP contribution in [0.3, 0.4) is 0 Å². The number of thioether (sulfide) groups is 1. The van der Waals surface area contributed by atoms with E-state index in [0.29, 0.717) is 44.2 Å². The van der Waals surface area contributed by atoms with Crippen LogP contribution in [0.25, 0.3) is 0 Å². The molecule has 0 radical (unpaired) electrons. The lowest BCUT2D eigenvalue weighted by molar-refractivity contribution is -0.125. The molecule has 59 heavy (non-hydrogen) atoms. The molecule has 0 aromatic heterocycles. The number of hydrogen-bond donors (Lipinski definition) is 5. The molecule has 1 amide bonds. The molecule has 6 fully saturated rings. The number of nitriles is 1. The average molecular weight is 845 g/mol. The molecule has 5 N–H and O–H groups in total. The molecule has 4 saturated heterocycles. The van der Waals surface area contributed by atoms with Crippen LogP contribution >= 0.6 is 23.4 Å². The van der Waals surface area contributed by atoms with Crippen LogP contribution in [-0.4, -0.2) is 94.0 Å². The zero-order valence-corrected chi connectivity index (χ0v) is 36.5. The minimum Gasteiger partial charge on any atom is -0.490 e. The van der Waals surface area contributed by atoms with Gasteiger partial charge in [0.25, 0.3) is 0 Å². The normalized spacial score (nSPS) is 38.8. The molecule has 1 spiro atoms. The molecule has 9 atom stereocenters. The van der Waals surface area contributed by atoms with Gasteiger partial charge in [-0.2, -0.15) is 5.26 Å². The fourth-order valence-electron chi connectivity index (χ4n) is 11.1. The van der Waals surface area contributed by atoms with Crippen LogP contribution in [0.2, 0.25) is 5.02 Å². The van der Waals surface area contributed by atoms with Gasteiger partial charge in [0.15, 0.2) is 0 Å². The summed E-state index contributed by atoms with van der Waals surface area (Å²) in [6.07, 6.45) is 12.0. The Morgan fingerprint density at radius 3 is 2.41 bits per heavy atom. The van der Waals surface area contributed by atoms with Gasteiger partial charge in [-0.1, -0.05) is 37.6 Å². The lowest BCUT2D eigenvalue weighted by Crippen LogP contribution is -2.62. The van der Waals surface area contributed by atoms with Gasteiger partial charge in [0.05, 0.1) is 52.7 Å². The van der Waals surface area contributed by atoms with Crippen molar-refractivity contribution in [2.45, 2.75) is 158 Å². The van der Waals surface area contributed by atoms with E-state index in [2.05, 4.69) is 107 Å². The third kappa shape index (κ3) is 8.63. The Labute approximate surface area is 359 Å². The topological polar surface area (TPSA) is 138 Å². The van der Waals surface area contributed by atoms with E-state index in [1.165, 1.54) is 30.5 Å². The maximum atomic E-state index is 13.3. The Kier molecular flexibility index (Phi) is 12.2. The Hall–Kier alpha value is -2.93. The Balaban J connectivity index is 0.724. The quantitative estimate of drug-likeness (QED) is 0.205. The Bertz CT molecular complexity index is 1910. The first-order valence-corrected chi connectivity index (χ1v) is 23.6. The van der Waals surface area contributed by atoms with E-state index < -0.39 is 0 Å². The van der Waals surface area contributed by atoms with E-state index in [0.717, 1.165) is 70.2 Å². The number of rotatable bonds is 8. The number of hydrogen-bond acceptors (Lipinski definition) is 12. The summed E-state index contributed by atoms with van der Waals surface area (Å²) in [5.41, 5.74) is 17.2. The van der Waals surface area contributed by atoms with Crippen molar-refractivity contribution in [1.29, 1.82) is 5.26 Å². The monoisotopic (exact) mass is 843 g/mol. The number of carbonyl (C=O) groups excluding carboxylic acids is 1. The average Bonchev–Trinajstić information content (AvgIpc) is 3.90. The molecule has 318 valence electrons. The molecule has 12 nitrogen and oxygen atoms in total. The summed E-state index contributed by atoms with van der Waals surface area (Å²) in [6.45, 7) is 11.5. The number of nitrogens with zero attached hydrogens (tertiary/aromatic N) is 4. The Morgan fingerprint density at radius 2 is 1.68 bits per heavy atom. The molecule has 0 bridgehead atoms. The highest BCUT2D eigenvalue weighted by atomic mass is 35.5. The molecular formula is C45H62ClN9O3S. The van der Waals surface area contributed by atoms with Crippen LogP contribution in [-0.2, 0) is 4.79 Å². The standard InChI is InChI=1S/C45H62ClN9O3S/c1-26-28(3)59-44-40(26)41(48-27(2)42-53-50-29(4)55(42)44)30-6-5-7-35(22-30)58-34-16-18-45(19-17-34)20-21-54(25-45)39-15-14-38(51-52-39)43(56)49-32-9-12-33(13-10-32)57-36-11-8-31(24-47)37(46)23-36/h5-8,11,22-23,26-29,32-34,38-40,42,44,50-53H,9-10,12-21,25H2,1-4H3,(H,49,56)/t26?,27-,28?,29?,32?,33?,34?,38?,39?,40?,42?,44?,45?/m0/s1. The second-order valence-corrected chi connectivity index (χ2v) is 20.5. The molecule has 2 aliphatic carbocycles. The van der Waals surface area contributed by atoms with Crippen LogP contribution in [0.4, 0.5) is 0 Å². The minimum absolute atomic E-state index is 0.0770. The van der Waals surface area contributed by atoms with Crippen molar-refractivity contribution >= 4 is 35.0 Å². The third-order valence-electron chi connectivity index (χ3n) is 14.8. The van der Waals surface area contributed by atoms with E-state index in [9.17, 15) is 4.79 Å². The van der Waals surface area contributed by atoms with E-state index in [1.807, 2.05) is 0 Å². The maximum Gasteiger partial charge on any atom is 0.238 e. The van der Waals surface area contributed by atoms with Crippen LogP contribution < -0.4 is 36.5 Å². The molecule has 5 heterocycles. The summed E-state index contributed by atoms with van der Waals surface area (Å²) < 4.78 is 12.9. The number of likely N-dealkylation sites (tertiary alicyclic amines) is 1. The van der Waals surface area contributed by atoms with Crippen LogP contribution in [0.5, 0.6) is 11.5 Å². The van der Waals surface area contributed by atoms with E-state index in [4.69, 9.17) is 31.3 Å². The third-order valence-corrected chi connectivity index (χ3v) is 16.8. The predicted octanol–water partition coefficient (Wildman–Crippen LogP) is 6.30. The summed E-state index contributed by atoms with van der Waals surface area (Å²) >= 11 is 8.30. The zero-order valence-electron chi connectivity index (χ0n) is 35.0. The van der Waals surface area contributed by atoms with Crippen molar-refractivity contribution in [3.63, 3.8) is 0 Å². The summed E-state index contributed by atoms with van der Waals surface area (Å²) in [6, 6.07) is 16.1. The molecule has 5 aliphatic heterocycles. The first kappa shape index (κ1) is 41.4. The molecule has 9 rings (SSSR count). The van der Waals surface area contributed by atoms with Gasteiger partial charge in [-0.3, -0.25) is 19.6 Å². The van der Waals surface area contributed by atoms with E-state index >= 15 is 0 Å². The van der Waals surface area contributed by atoms with Gasteiger partial charge in [0, 0.05) is 42.1 Å². The van der Waals surface area contributed by atoms with Crippen LogP contribution in [0.15, 0.2) is 47.5 Å². The highest BCUT2D eigenvalue weighted by molar-refractivity contribution is 8.00. The molecule has 2 saturated carbocycles. The first-order valence-electron chi connectivity index (χ1n) is 22.3. The zero-order chi connectivity index (χ0) is 40.8. The summed E-state index contributed by atoms with van der Waals surface area (Å²) in [5.74, 6) is 2.62. The molecule has 7 aliphatic rings. The Morgan fingerprint density at radius 1 is 0.915 bits per heavy atom. The number of benzene rings is 2. The maximum absolute atomic E-state index is 13.3. The lowest BCUT2D eigenvalue weighted by Gasteiger charge is -2.40. The minimum atomic E-state index is -0.234. The van der Waals surface area contributed by atoms with Gasteiger partial charge >= 0.3 is 0 Å². The fraction of sp³-hybridized carbons (Fsp3) is 0.667. The molecule has 14 heteroatoms. The van der Waals surface area contributed by atoms with Crippen molar-refractivity contribution in [2.75, 3.05) is 13.1 Å². The number of aliphatic imine (C=N–C) groups is 1. The lowest BCUT2D eigenvalue weighted by atomic mass is 9.72. The van der Waals surface area contributed by atoms with Gasteiger partial charge in [-0.05, 0) is 126 Å². The van der Waals surface area contributed by atoms with Gasteiger partial charge in [0.1, 0.15) is 23.6 Å². The molecule has 2 aromatic carbocycles. The van der Waals surface area contributed by atoms with Crippen LogP contribution in [0.1, 0.15) is 109 Å². The van der Waals surface area contributed by atoms with Crippen molar-refractivity contribution in [3.8, 4) is 17.6 Å². The van der Waals surface area contributed by atoms with Gasteiger partial charge in [-0.15, -0.1) is 11.8 Å². The first-order chi connectivity index (χ1) is 28.6.